The van der Waals surface area contributed by atoms with Crippen LogP contribution < -0.4 is 0 Å². The molecular formula is C26H34O8. The van der Waals surface area contributed by atoms with Crippen LogP contribution in [0.4, 0.5) is 0 Å². The van der Waals surface area contributed by atoms with Crippen LogP contribution in [0.15, 0.2) is 23.8 Å². The number of Topliss-reactive ketones (excluding diaryl/α,β-unsaturated/α-hetero) is 1. The van der Waals surface area contributed by atoms with Crippen molar-refractivity contribution in [1.29, 1.82) is 0 Å². The molecule has 0 aromatic rings. The summed E-state index contributed by atoms with van der Waals surface area (Å²) in [5.74, 6) is -2.51. The van der Waals surface area contributed by atoms with Gasteiger partial charge in [0.15, 0.2) is 12.4 Å². The molecule has 0 amide bonds. The van der Waals surface area contributed by atoms with Crippen molar-refractivity contribution in [2.75, 3.05) is 6.61 Å². The van der Waals surface area contributed by atoms with Gasteiger partial charge in [0.05, 0.1) is 18.9 Å². The zero-order chi connectivity index (χ0) is 25.1. The van der Waals surface area contributed by atoms with Gasteiger partial charge in [-0.05, 0) is 55.6 Å². The number of allylic oxidation sites excluding steroid dienone is 4. The Bertz CT molecular complexity index is 981. The summed E-state index contributed by atoms with van der Waals surface area (Å²) in [6, 6.07) is 0. The number of ketones is 2. The van der Waals surface area contributed by atoms with Crippen LogP contribution in [0.5, 0.6) is 0 Å². The van der Waals surface area contributed by atoms with Crippen molar-refractivity contribution in [3.63, 3.8) is 0 Å². The van der Waals surface area contributed by atoms with Gasteiger partial charge in [-0.2, -0.15) is 0 Å². The number of hydrogen-bond donors (Lipinski definition) is 3. The molecule has 3 N–H and O–H groups in total. The number of aliphatic hydroxyl groups is 2. The van der Waals surface area contributed by atoms with Gasteiger partial charge < -0.3 is 20.1 Å². The molecule has 0 radical (unpaired) electrons. The summed E-state index contributed by atoms with van der Waals surface area (Å²) < 4.78 is 4.98. The highest BCUT2D eigenvalue weighted by molar-refractivity contribution is 6.01. The molecule has 0 bridgehead atoms. The number of carboxylic acid groups (broad SMARTS) is 1. The van der Waals surface area contributed by atoms with Crippen molar-refractivity contribution in [1.82, 2.24) is 0 Å². The standard InChI is InChI=1S/C26H34O8/c1-14-10-16-17-7-9-26(33,20(29)13-34-22(32)5-4-21(30)31)25(17,3)12-19(28)23(16)24(2)8-6-15(27)11-18(14)24/h6,8,11,14,16-17,19,23,28,33H,4-5,7,9-10,12-13H2,1-3H3,(H,30,31)/t14-,16+,17+,19-,23-,24-,25-,26+/m0/s1. The minimum absolute atomic E-state index is 0.00980. The molecule has 0 unspecified atom stereocenters. The number of fused-ring (bicyclic) bond motifs is 5. The van der Waals surface area contributed by atoms with E-state index < -0.39 is 46.9 Å². The van der Waals surface area contributed by atoms with Crippen LogP contribution in [-0.4, -0.2) is 57.1 Å². The van der Waals surface area contributed by atoms with Gasteiger partial charge in [0.25, 0.3) is 0 Å². The summed E-state index contributed by atoms with van der Waals surface area (Å²) in [6.07, 6.45) is 5.52. The lowest BCUT2D eigenvalue weighted by Gasteiger charge is -2.60. The molecule has 186 valence electrons. The quantitative estimate of drug-likeness (QED) is 0.498. The second-order valence-electron chi connectivity index (χ2n) is 11.1. The Morgan fingerprint density at radius 1 is 1.21 bits per heavy atom. The summed E-state index contributed by atoms with van der Waals surface area (Å²) in [5.41, 5.74) is -2.04. The van der Waals surface area contributed by atoms with Crippen LogP contribution >= 0.6 is 0 Å². The number of ether oxygens (including phenoxy) is 1. The van der Waals surface area contributed by atoms with E-state index in [1.54, 1.807) is 12.2 Å². The van der Waals surface area contributed by atoms with E-state index in [1.807, 2.05) is 13.0 Å². The Morgan fingerprint density at radius 2 is 1.91 bits per heavy atom. The first-order chi connectivity index (χ1) is 15.8. The second-order valence-corrected chi connectivity index (χ2v) is 11.1. The Labute approximate surface area is 199 Å². The third kappa shape index (κ3) is 3.66. The van der Waals surface area contributed by atoms with E-state index in [1.165, 1.54) is 0 Å². The highest BCUT2D eigenvalue weighted by atomic mass is 16.5. The topological polar surface area (TPSA) is 138 Å². The van der Waals surface area contributed by atoms with Gasteiger partial charge in [0, 0.05) is 16.7 Å². The third-order valence-electron chi connectivity index (χ3n) is 9.34. The number of carboxylic acids is 1. The Hall–Kier alpha value is -2.32. The van der Waals surface area contributed by atoms with Crippen LogP contribution in [-0.2, 0) is 23.9 Å². The highest BCUT2D eigenvalue weighted by Crippen LogP contribution is 2.67. The van der Waals surface area contributed by atoms with E-state index in [0.29, 0.717) is 6.42 Å². The smallest absolute Gasteiger partial charge is 0.306 e. The molecule has 8 atom stereocenters. The molecule has 0 aromatic carbocycles. The molecule has 8 nitrogen and oxygen atoms in total. The fraction of sp³-hybridized carbons (Fsp3) is 0.692. The van der Waals surface area contributed by atoms with Gasteiger partial charge in [-0.15, -0.1) is 0 Å². The molecule has 0 aromatic heterocycles. The highest BCUT2D eigenvalue weighted by Gasteiger charge is 2.68. The average Bonchev–Trinajstić information content (AvgIpc) is 3.03. The molecular weight excluding hydrogens is 440 g/mol. The maximum absolute atomic E-state index is 13.1. The molecule has 4 aliphatic carbocycles. The van der Waals surface area contributed by atoms with E-state index in [9.17, 15) is 29.4 Å². The van der Waals surface area contributed by atoms with Gasteiger partial charge in [-0.3, -0.25) is 19.2 Å². The zero-order valence-electron chi connectivity index (χ0n) is 20.0. The maximum atomic E-state index is 13.1. The van der Waals surface area contributed by atoms with Gasteiger partial charge in [-0.25, -0.2) is 0 Å². The largest absolute Gasteiger partial charge is 0.481 e. The number of carbonyl (C=O) groups is 4. The first-order valence-electron chi connectivity index (χ1n) is 12.1. The minimum atomic E-state index is -1.74. The fourth-order valence-electron chi connectivity index (χ4n) is 7.76. The zero-order valence-corrected chi connectivity index (χ0v) is 20.0. The average molecular weight is 475 g/mol. The summed E-state index contributed by atoms with van der Waals surface area (Å²) in [6.45, 7) is 5.40. The molecule has 34 heavy (non-hydrogen) atoms. The van der Waals surface area contributed by atoms with Crippen LogP contribution in [0.2, 0.25) is 0 Å². The normalized spacial score (nSPS) is 42.8. The predicted molar refractivity (Wildman–Crippen MR) is 120 cm³/mol. The lowest BCUT2D eigenvalue weighted by atomic mass is 9.45. The molecule has 4 rings (SSSR count). The van der Waals surface area contributed by atoms with Crippen molar-refractivity contribution in [2.24, 2.45) is 34.5 Å². The van der Waals surface area contributed by atoms with Crippen LogP contribution in [0.25, 0.3) is 0 Å². The van der Waals surface area contributed by atoms with E-state index in [4.69, 9.17) is 9.84 Å². The number of esters is 1. The monoisotopic (exact) mass is 474 g/mol. The van der Waals surface area contributed by atoms with Gasteiger partial charge in [0.2, 0.25) is 5.78 Å². The molecule has 8 heteroatoms. The number of carbonyl (C=O) groups excluding carboxylic acids is 3. The van der Waals surface area contributed by atoms with Crippen molar-refractivity contribution < 1.29 is 39.2 Å². The van der Waals surface area contributed by atoms with E-state index in [-0.39, 0.29) is 55.1 Å². The number of aliphatic carboxylic acids is 1. The van der Waals surface area contributed by atoms with Gasteiger partial charge in [0.1, 0.15) is 5.60 Å². The lowest BCUT2D eigenvalue weighted by Crippen LogP contribution is -2.62. The van der Waals surface area contributed by atoms with E-state index in [2.05, 4.69) is 13.8 Å². The van der Waals surface area contributed by atoms with Gasteiger partial charge in [-0.1, -0.05) is 32.4 Å². The van der Waals surface area contributed by atoms with Gasteiger partial charge >= 0.3 is 11.9 Å². The van der Waals surface area contributed by atoms with Crippen LogP contribution in [0.3, 0.4) is 0 Å². The fourth-order valence-corrected chi connectivity index (χ4v) is 7.76. The summed E-state index contributed by atoms with van der Waals surface area (Å²) in [4.78, 5) is 47.7. The van der Waals surface area contributed by atoms with E-state index in [0.717, 1.165) is 12.0 Å². The molecule has 0 aliphatic heterocycles. The summed E-state index contributed by atoms with van der Waals surface area (Å²) in [7, 11) is 0. The molecule has 3 fully saturated rings. The molecule has 3 saturated carbocycles. The number of hydrogen-bond acceptors (Lipinski definition) is 7. The lowest BCUT2D eigenvalue weighted by molar-refractivity contribution is -0.182. The van der Waals surface area contributed by atoms with Crippen LogP contribution in [0, 0.1) is 34.5 Å². The van der Waals surface area contributed by atoms with Crippen molar-refractivity contribution in [3.05, 3.63) is 23.8 Å². The molecule has 0 saturated heterocycles. The SMILES string of the molecule is C[C@H]1C[C@H]2[C@@H]([C@@H](O)C[C@@]3(C)[C@@H]2CC[C@@]3(O)C(=O)COC(=O)CCC(=O)O)[C@@]2(C)C=CC(=O)C=C12. The van der Waals surface area contributed by atoms with Crippen molar-refractivity contribution in [3.8, 4) is 0 Å². The second kappa shape index (κ2) is 8.41. The van der Waals surface area contributed by atoms with Crippen LogP contribution in [0.1, 0.15) is 59.3 Å². The first kappa shape index (κ1) is 24.8. The van der Waals surface area contributed by atoms with Crippen molar-refractivity contribution >= 4 is 23.5 Å². The van der Waals surface area contributed by atoms with E-state index >= 15 is 0 Å². The molecule has 0 spiro atoms. The predicted octanol–water partition coefficient (Wildman–Crippen LogP) is 2.22. The molecule has 4 aliphatic rings. The summed E-state index contributed by atoms with van der Waals surface area (Å²) >= 11 is 0. The number of aliphatic hydroxyl groups excluding tert-OH is 1. The maximum Gasteiger partial charge on any atom is 0.306 e. The number of rotatable bonds is 6. The molecule has 0 heterocycles. The summed E-state index contributed by atoms with van der Waals surface area (Å²) in [5, 5.41) is 31.7. The first-order valence-corrected chi connectivity index (χ1v) is 12.1. The minimum Gasteiger partial charge on any atom is -0.481 e. The Kier molecular flexibility index (Phi) is 6.13. The Morgan fingerprint density at radius 3 is 2.59 bits per heavy atom. The third-order valence-corrected chi connectivity index (χ3v) is 9.34. The Balaban J connectivity index is 1.56. The van der Waals surface area contributed by atoms with Crippen molar-refractivity contribution in [2.45, 2.75) is 71.0 Å².